The normalized spacial score (nSPS) is 17.1. The van der Waals surface area contributed by atoms with Crippen LogP contribution in [0.5, 0.6) is 0 Å². The van der Waals surface area contributed by atoms with Crippen LogP contribution in [0, 0.1) is 0 Å². The van der Waals surface area contributed by atoms with Gasteiger partial charge in [-0.15, -0.1) is 5.10 Å². The minimum Gasteiger partial charge on any atom is -0.368 e. The first-order valence-electron chi connectivity index (χ1n) is 7.17. The Morgan fingerprint density at radius 3 is 2.73 bits per heavy atom. The van der Waals surface area contributed by atoms with Gasteiger partial charge in [0.15, 0.2) is 0 Å². The third kappa shape index (κ3) is 2.34. The smallest absolute Gasteiger partial charge is 0.274 e. The van der Waals surface area contributed by atoms with Crippen LogP contribution in [-0.4, -0.2) is 37.7 Å². The highest BCUT2D eigenvalue weighted by molar-refractivity contribution is 5.96. The number of benzene rings is 1. The molecule has 7 heteroatoms. The van der Waals surface area contributed by atoms with Gasteiger partial charge in [-0.05, 0) is 18.1 Å². The lowest BCUT2D eigenvalue weighted by Gasteiger charge is -2.35. The fourth-order valence-electron chi connectivity index (χ4n) is 2.79. The summed E-state index contributed by atoms with van der Waals surface area (Å²) in [6, 6.07) is 7.12. The zero-order valence-electron chi connectivity index (χ0n) is 12.3. The Labute approximate surface area is 127 Å². The van der Waals surface area contributed by atoms with Gasteiger partial charge in [0.1, 0.15) is 11.7 Å². The van der Waals surface area contributed by atoms with Crippen LogP contribution in [0.3, 0.4) is 0 Å². The minimum absolute atomic E-state index is 0.273. The summed E-state index contributed by atoms with van der Waals surface area (Å²) in [4.78, 5) is 26.1. The van der Waals surface area contributed by atoms with E-state index in [2.05, 4.69) is 10.3 Å². The Kier molecular flexibility index (Phi) is 3.62. The molecule has 2 heterocycles. The number of aryl methyl sites for hydroxylation is 1. The van der Waals surface area contributed by atoms with Crippen molar-refractivity contribution < 1.29 is 9.59 Å². The number of amides is 2. The van der Waals surface area contributed by atoms with Crippen molar-refractivity contribution in [3.05, 3.63) is 47.3 Å². The van der Waals surface area contributed by atoms with Crippen molar-refractivity contribution in [2.75, 3.05) is 0 Å². The fourth-order valence-corrected chi connectivity index (χ4v) is 2.79. The number of aromatic nitrogens is 3. The molecule has 2 N–H and O–H groups in total. The van der Waals surface area contributed by atoms with Crippen LogP contribution in [0.25, 0.3) is 0 Å². The van der Waals surface area contributed by atoms with E-state index < -0.39 is 11.9 Å². The summed E-state index contributed by atoms with van der Waals surface area (Å²) in [6.07, 6.45) is 1.86. The molecule has 0 unspecified atom stereocenters. The number of hydrogen-bond donors (Lipinski definition) is 1. The molecule has 0 aliphatic carbocycles. The molecule has 2 amide bonds. The van der Waals surface area contributed by atoms with E-state index >= 15 is 0 Å². The summed E-state index contributed by atoms with van der Waals surface area (Å²) in [7, 11) is 0. The molecule has 0 bridgehead atoms. The molecule has 0 saturated carbocycles. The molecule has 0 spiro atoms. The molecule has 1 atom stereocenters. The van der Waals surface area contributed by atoms with Crippen LogP contribution in [0.2, 0.25) is 0 Å². The molecule has 114 valence electrons. The quantitative estimate of drug-likeness (QED) is 0.885. The van der Waals surface area contributed by atoms with Gasteiger partial charge in [-0.2, -0.15) is 0 Å². The van der Waals surface area contributed by atoms with Crippen molar-refractivity contribution in [1.29, 1.82) is 0 Å². The number of nitrogens with zero attached hydrogens (tertiary/aromatic N) is 4. The molecule has 0 radical (unpaired) electrons. The molecular formula is C15H17N5O2. The van der Waals surface area contributed by atoms with Crippen LogP contribution in [-0.2, 0) is 24.3 Å². The minimum atomic E-state index is -0.650. The highest BCUT2D eigenvalue weighted by atomic mass is 16.2. The Hall–Kier alpha value is -2.70. The second kappa shape index (κ2) is 5.59. The highest BCUT2D eigenvalue weighted by Gasteiger charge is 2.34. The van der Waals surface area contributed by atoms with Crippen molar-refractivity contribution in [2.24, 2.45) is 5.73 Å². The summed E-state index contributed by atoms with van der Waals surface area (Å²) in [6.45, 7) is 2.77. The first-order chi connectivity index (χ1) is 10.6. The second-order valence-corrected chi connectivity index (χ2v) is 5.26. The predicted molar refractivity (Wildman–Crippen MR) is 78.7 cm³/mol. The number of nitrogens with two attached hydrogens (primary N) is 1. The van der Waals surface area contributed by atoms with Crippen molar-refractivity contribution in [3.8, 4) is 0 Å². The number of fused-ring (bicyclic) bond motifs is 1. The zero-order valence-corrected chi connectivity index (χ0v) is 12.3. The summed E-state index contributed by atoms with van der Waals surface area (Å²) in [5.41, 5.74) is 7.96. The molecule has 1 aliphatic rings. The van der Waals surface area contributed by atoms with Crippen molar-refractivity contribution in [3.63, 3.8) is 0 Å². The van der Waals surface area contributed by atoms with Crippen molar-refractivity contribution in [1.82, 2.24) is 19.9 Å². The summed E-state index contributed by atoms with van der Waals surface area (Å²) in [5.74, 6) is -0.775. The lowest BCUT2D eigenvalue weighted by Crippen LogP contribution is -2.51. The molecular weight excluding hydrogens is 282 g/mol. The van der Waals surface area contributed by atoms with Crippen molar-refractivity contribution in [2.45, 2.75) is 32.5 Å². The van der Waals surface area contributed by atoms with Gasteiger partial charge >= 0.3 is 0 Å². The van der Waals surface area contributed by atoms with Gasteiger partial charge in [0.25, 0.3) is 5.91 Å². The number of carbonyl (C=O) groups is 2. The van der Waals surface area contributed by atoms with E-state index in [1.807, 2.05) is 31.2 Å². The van der Waals surface area contributed by atoms with Crippen molar-refractivity contribution >= 4 is 11.8 Å². The summed E-state index contributed by atoms with van der Waals surface area (Å²) >= 11 is 0. The molecule has 1 aliphatic heterocycles. The molecule has 2 aromatic rings. The molecule has 3 rings (SSSR count). The van der Waals surface area contributed by atoms with E-state index in [1.54, 1.807) is 0 Å². The number of hydrogen-bond acceptors (Lipinski definition) is 4. The predicted octanol–water partition coefficient (Wildman–Crippen LogP) is 0.350. The zero-order chi connectivity index (χ0) is 15.7. The molecule has 0 saturated heterocycles. The standard InChI is InChI=1S/C15H17N5O2/c1-2-20-13(8-17-18-20)15(22)19-9-11-6-4-3-5-10(11)7-12(19)14(16)21/h3-6,8,12H,2,7,9H2,1H3,(H2,16,21)/t12-/m0/s1. The van der Waals surface area contributed by atoms with Gasteiger partial charge in [-0.3, -0.25) is 9.59 Å². The van der Waals surface area contributed by atoms with Gasteiger partial charge in [-0.1, -0.05) is 29.5 Å². The maximum atomic E-state index is 12.8. The van der Waals surface area contributed by atoms with Crippen LogP contribution < -0.4 is 5.73 Å². The van der Waals surface area contributed by atoms with Gasteiger partial charge < -0.3 is 10.6 Å². The van der Waals surface area contributed by atoms with E-state index in [9.17, 15) is 9.59 Å². The Morgan fingerprint density at radius 2 is 2.05 bits per heavy atom. The van der Waals surface area contributed by atoms with E-state index in [-0.39, 0.29) is 5.91 Å². The molecule has 0 fully saturated rings. The summed E-state index contributed by atoms with van der Waals surface area (Å²) in [5, 5.41) is 7.64. The Morgan fingerprint density at radius 1 is 1.32 bits per heavy atom. The average molecular weight is 299 g/mol. The molecule has 7 nitrogen and oxygen atoms in total. The molecule has 1 aromatic heterocycles. The monoisotopic (exact) mass is 299 g/mol. The molecule has 1 aromatic carbocycles. The number of rotatable bonds is 3. The summed E-state index contributed by atoms with van der Waals surface area (Å²) < 4.78 is 1.51. The highest BCUT2D eigenvalue weighted by Crippen LogP contribution is 2.24. The van der Waals surface area contributed by atoms with E-state index in [1.165, 1.54) is 15.8 Å². The number of primary amides is 1. The lowest BCUT2D eigenvalue weighted by atomic mass is 9.93. The van der Waals surface area contributed by atoms with Gasteiger partial charge in [0.05, 0.1) is 6.20 Å². The van der Waals surface area contributed by atoms with E-state index in [0.29, 0.717) is 25.2 Å². The second-order valence-electron chi connectivity index (χ2n) is 5.26. The maximum Gasteiger partial charge on any atom is 0.274 e. The largest absolute Gasteiger partial charge is 0.368 e. The van der Waals surface area contributed by atoms with Crippen LogP contribution in [0.15, 0.2) is 30.5 Å². The average Bonchev–Trinajstić information content (AvgIpc) is 3.01. The lowest BCUT2D eigenvalue weighted by molar-refractivity contribution is -0.122. The van der Waals surface area contributed by atoms with E-state index in [4.69, 9.17) is 5.73 Å². The van der Waals surface area contributed by atoms with Crippen LogP contribution in [0.4, 0.5) is 0 Å². The SMILES string of the molecule is CCn1nncc1C(=O)N1Cc2ccccc2C[C@H]1C(N)=O. The van der Waals surface area contributed by atoms with Gasteiger partial charge in [-0.25, -0.2) is 4.68 Å². The first-order valence-corrected chi connectivity index (χ1v) is 7.17. The fraction of sp³-hybridized carbons (Fsp3) is 0.333. The third-order valence-corrected chi connectivity index (χ3v) is 3.97. The first kappa shape index (κ1) is 14.2. The van der Waals surface area contributed by atoms with Gasteiger partial charge in [0.2, 0.25) is 5.91 Å². The topological polar surface area (TPSA) is 94.1 Å². The van der Waals surface area contributed by atoms with E-state index in [0.717, 1.165) is 11.1 Å². The number of carbonyl (C=O) groups excluding carboxylic acids is 2. The maximum absolute atomic E-state index is 12.8. The molecule has 22 heavy (non-hydrogen) atoms. The van der Waals surface area contributed by atoms with Gasteiger partial charge in [0, 0.05) is 19.5 Å². The third-order valence-electron chi connectivity index (χ3n) is 3.97. The Balaban J connectivity index is 1.97. The Bertz CT molecular complexity index is 724. The van der Waals surface area contributed by atoms with Crippen LogP contribution >= 0.6 is 0 Å². The van der Waals surface area contributed by atoms with Crippen LogP contribution in [0.1, 0.15) is 28.5 Å².